The molecule has 5 heteroatoms. The average molecular weight is 382 g/mol. The van der Waals surface area contributed by atoms with E-state index in [4.69, 9.17) is 22.3 Å². The van der Waals surface area contributed by atoms with Gasteiger partial charge in [-0.05, 0) is 30.9 Å². The number of pyridine rings is 1. The van der Waals surface area contributed by atoms with Crippen molar-refractivity contribution in [2.24, 2.45) is 5.73 Å². The van der Waals surface area contributed by atoms with Gasteiger partial charge in [0.25, 0.3) is 5.91 Å². The van der Waals surface area contributed by atoms with Gasteiger partial charge in [-0.2, -0.15) is 0 Å². The number of fused-ring (bicyclic) bond motifs is 1. The molecule has 0 aliphatic carbocycles. The number of hydrogen-bond acceptors (Lipinski definition) is 3. The van der Waals surface area contributed by atoms with E-state index in [0.717, 1.165) is 28.5 Å². The van der Waals surface area contributed by atoms with Gasteiger partial charge in [-0.3, -0.25) is 4.79 Å². The van der Waals surface area contributed by atoms with Crippen molar-refractivity contribution in [1.82, 2.24) is 9.88 Å². The van der Waals surface area contributed by atoms with E-state index in [-0.39, 0.29) is 11.9 Å². The SMILES string of the molecule is CC[C@H](C)N(CCN)C(=O)c1cc2ccccc2c(-c2ccccc2Cl)n1. The van der Waals surface area contributed by atoms with Gasteiger partial charge in [0.05, 0.1) is 5.69 Å². The van der Waals surface area contributed by atoms with Gasteiger partial charge < -0.3 is 10.6 Å². The molecular weight excluding hydrogens is 358 g/mol. The van der Waals surface area contributed by atoms with Gasteiger partial charge in [-0.25, -0.2) is 4.98 Å². The number of carbonyl (C=O) groups is 1. The van der Waals surface area contributed by atoms with Crippen LogP contribution in [0.3, 0.4) is 0 Å². The Kier molecular flexibility index (Phi) is 6.09. The number of carbonyl (C=O) groups excluding carboxylic acids is 1. The van der Waals surface area contributed by atoms with E-state index in [1.54, 1.807) is 4.90 Å². The first-order chi connectivity index (χ1) is 13.1. The monoisotopic (exact) mass is 381 g/mol. The minimum absolute atomic E-state index is 0.0954. The fraction of sp³-hybridized carbons (Fsp3) is 0.273. The molecule has 2 N–H and O–H groups in total. The van der Waals surface area contributed by atoms with Crippen LogP contribution in [-0.2, 0) is 0 Å². The molecule has 2 aromatic carbocycles. The standard InChI is InChI=1S/C22H24ClN3O/c1-3-15(2)26(13-12-24)22(27)20-14-16-8-4-5-9-17(16)21(25-20)18-10-6-7-11-19(18)23/h4-11,14-15H,3,12-13,24H2,1-2H3/t15-/m0/s1. The van der Waals surface area contributed by atoms with Gasteiger partial charge in [0, 0.05) is 35.1 Å². The molecule has 1 heterocycles. The van der Waals surface area contributed by atoms with E-state index < -0.39 is 0 Å². The van der Waals surface area contributed by atoms with Crippen molar-refractivity contribution in [1.29, 1.82) is 0 Å². The van der Waals surface area contributed by atoms with Crippen LogP contribution in [0.4, 0.5) is 0 Å². The van der Waals surface area contributed by atoms with Crippen molar-refractivity contribution in [3.05, 3.63) is 65.3 Å². The van der Waals surface area contributed by atoms with E-state index >= 15 is 0 Å². The molecule has 0 saturated heterocycles. The Morgan fingerprint density at radius 3 is 2.59 bits per heavy atom. The number of rotatable bonds is 6. The van der Waals surface area contributed by atoms with Gasteiger partial charge in [0.15, 0.2) is 0 Å². The summed E-state index contributed by atoms with van der Waals surface area (Å²) in [5.41, 5.74) is 7.69. The van der Waals surface area contributed by atoms with E-state index in [2.05, 4.69) is 6.92 Å². The number of hydrogen-bond donors (Lipinski definition) is 1. The molecule has 0 bridgehead atoms. The van der Waals surface area contributed by atoms with Crippen LogP contribution in [0.1, 0.15) is 30.8 Å². The molecule has 1 aromatic heterocycles. The summed E-state index contributed by atoms with van der Waals surface area (Å²) in [7, 11) is 0. The Balaban J connectivity index is 2.18. The van der Waals surface area contributed by atoms with Crippen LogP contribution in [0.25, 0.3) is 22.0 Å². The van der Waals surface area contributed by atoms with Crippen LogP contribution in [0.2, 0.25) is 5.02 Å². The predicted octanol–water partition coefficient (Wildman–Crippen LogP) is 4.75. The van der Waals surface area contributed by atoms with Crippen molar-refractivity contribution < 1.29 is 4.79 Å². The van der Waals surface area contributed by atoms with Gasteiger partial charge in [0.2, 0.25) is 0 Å². The molecule has 3 aromatic rings. The minimum Gasteiger partial charge on any atom is -0.333 e. The zero-order valence-corrected chi connectivity index (χ0v) is 16.4. The number of halogens is 1. The lowest BCUT2D eigenvalue weighted by Crippen LogP contribution is -2.41. The zero-order chi connectivity index (χ0) is 19.4. The Hall–Kier alpha value is -2.43. The summed E-state index contributed by atoms with van der Waals surface area (Å²) >= 11 is 6.42. The number of benzene rings is 2. The smallest absolute Gasteiger partial charge is 0.272 e. The molecule has 0 saturated carbocycles. The maximum Gasteiger partial charge on any atom is 0.272 e. The summed E-state index contributed by atoms with van der Waals surface area (Å²) in [6.45, 7) is 5.01. The Labute approximate surface area is 165 Å². The van der Waals surface area contributed by atoms with Gasteiger partial charge in [-0.15, -0.1) is 0 Å². The number of nitrogens with two attached hydrogens (primary N) is 1. The Bertz CT molecular complexity index is 957. The lowest BCUT2D eigenvalue weighted by Gasteiger charge is -2.28. The number of nitrogens with zero attached hydrogens (tertiary/aromatic N) is 2. The van der Waals surface area contributed by atoms with Gasteiger partial charge in [-0.1, -0.05) is 61.0 Å². The summed E-state index contributed by atoms with van der Waals surface area (Å²) < 4.78 is 0. The first kappa shape index (κ1) is 19.3. The third-order valence-corrected chi connectivity index (χ3v) is 5.17. The molecule has 0 radical (unpaired) electrons. The first-order valence-corrected chi connectivity index (χ1v) is 9.60. The molecule has 27 heavy (non-hydrogen) atoms. The van der Waals surface area contributed by atoms with Crippen LogP contribution in [0.5, 0.6) is 0 Å². The molecule has 3 rings (SSSR count). The van der Waals surface area contributed by atoms with Crippen LogP contribution in [0.15, 0.2) is 54.6 Å². The topological polar surface area (TPSA) is 59.2 Å². The van der Waals surface area contributed by atoms with Crippen LogP contribution >= 0.6 is 11.6 Å². The molecule has 140 valence electrons. The Morgan fingerprint density at radius 2 is 1.89 bits per heavy atom. The molecule has 1 amide bonds. The molecule has 0 spiro atoms. The van der Waals surface area contributed by atoms with E-state index in [1.807, 2.05) is 61.5 Å². The fourth-order valence-electron chi connectivity index (χ4n) is 3.20. The highest BCUT2D eigenvalue weighted by molar-refractivity contribution is 6.33. The second kappa shape index (κ2) is 8.51. The lowest BCUT2D eigenvalue weighted by atomic mass is 10.0. The third-order valence-electron chi connectivity index (χ3n) is 4.84. The van der Waals surface area contributed by atoms with E-state index in [1.165, 1.54) is 0 Å². The maximum absolute atomic E-state index is 13.2. The fourth-order valence-corrected chi connectivity index (χ4v) is 3.42. The van der Waals surface area contributed by atoms with Crippen LogP contribution in [0, 0.1) is 0 Å². The minimum atomic E-state index is -0.103. The summed E-state index contributed by atoms with van der Waals surface area (Å²) in [5, 5.41) is 2.54. The molecule has 1 atom stereocenters. The molecule has 0 fully saturated rings. The lowest BCUT2D eigenvalue weighted by molar-refractivity contribution is 0.0689. The zero-order valence-electron chi connectivity index (χ0n) is 15.7. The second-order valence-corrected chi connectivity index (χ2v) is 7.01. The van der Waals surface area contributed by atoms with Gasteiger partial charge >= 0.3 is 0 Å². The largest absolute Gasteiger partial charge is 0.333 e. The van der Waals surface area contributed by atoms with Crippen molar-refractivity contribution >= 4 is 28.3 Å². The molecular formula is C22H24ClN3O. The predicted molar refractivity (Wildman–Crippen MR) is 112 cm³/mol. The van der Waals surface area contributed by atoms with Crippen molar-refractivity contribution in [3.8, 4) is 11.3 Å². The molecule has 4 nitrogen and oxygen atoms in total. The second-order valence-electron chi connectivity index (χ2n) is 6.60. The first-order valence-electron chi connectivity index (χ1n) is 9.22. The average Bonchev–Trinajstić information content (AvgIpc) is 2.70. The third kappa shape index (κ3) is 3.97. The quantitative estimate of drug-likeness (QED) is 0.670. The Morgan fingerprint density at radius 1 is 1.19 bits per heavy atom. The van der Waals surface area contributed by atoms with Crippen molar-refractivity contribution in [2.75, 3.05) is 13.1 Å². The highest BCUT2D eigenvalue weighted by Gasteiger charge is 2.22. The van der Waals surface area contributed by atoms with Gasteiger partial charge in [0.1, 0.15) is 5.69 Å². The van der Waals surface area contributed by atoms with E-state index in [0.29, 0.717) is 23.8 Å². The maximum atomic E-state index is 13.2. The normalized spacial score (nSPS) is 12.1. The highest BCUT2D eigenvalue weighted by Crippen LogP contribution is 2.32. The summed E-state index contributed by atoms with van der Waals surface area (Å²) in [4.78, 5) is 19.8. The summed E-state index contributed by atoms with van der Waals surface area (Å²) in [5.74, 6) is -0.103. The highest BCUT2D eigenvalue weighted by atomic mass is 35.5. The van der Waals surface area contributed by atoms with Crippen molar-refractivity contribution in [2.45, 2.75) is 26.3 Å². The van der Waals surface area contributed by atoms with E-state index in [9.17, 15) is 4.79 Å². The summed E-state index contributed by atoms with van der Waals surface area (Å²) in [6.07, 6.45) is 0.858. The molecule has 0 aliphatic rings. The van der Waals surface area contributed by atoms with Crippen molar-refractivity contribution in [3.63, 3.8) is 0 Å². The molecule has 0 aliphatic heterocycles. The summed E-state index contributed by atoms with van der Waals surface area (Å²) in [6, 6.07) is 17.4. The van der Waals surface area contributed by atoms with Crippen LogP contribution < -0.4 is 5.73 Å². The van der Waals surface area contributed by atoms with Crippen LogP contribution in [-0.4, -0.2) is 34.9 Å². The number of aromatic nitrogens is 1. The molecule has 0 unspecified atom stereocenters. The number of amides is 1.